The van der Waals surface area contributed by atoms with Gasteiger partial charge >= 0.3 is 0 Å². The first-order chi connectivity index (χ1) is 8.61. The average molecular weight is 250 g/mol. The van der Waals surface area contributed by atoms with Crippen molar-refractivity contribution >= 4 is 5.96 Å². The topological polar surface area (TPSA) is 67.1 Å². The zero-order chi connectivity index (χ0) is 13.1. The summed E-state index contributed by atoms with van der Waals surface area (Å²) in [6.07, 6.45) is 1.23. The predicted molar refractivity (Wildman–Crippen MR) is 71.3 cm³/mol. The summed E-state index contributed by atoms with van der Waals surface area (Å²) in [6, 6.07) is 0.573. The quantitative estimate of drug-likeness (QED) is 0.606. The maximum Gasteiger partial charge on any atom is 0.191 e. The third-order valence-corrected chi connectivity index (χ3v) is 3.34. The molecule has 0 amide bonds. The van der Waals surface area contributed by atoms with Crippen molar-refractivity contribution in [3.8, 4) is 0 Å². The molecule has 1 heterocycles. The average Bonchev–Trinajstić information content (AvgIpc) is 2.94. The molecule has 1 fully saturated rings. The van der Waals surface area contributed by atoms with Crippen molar-refractivity contribution in [2.45, 2.75) is 39.8 Å². The smallest absolute Gasteiger partial charge is 0.191 e. The number of hydrogen-bond donors (Lipinski definition) is 2. The van der Waals surface area contributed by atoms with Gasteiger partial charge < -0.3 is 15.2 Å². The molecular formula is C12H22N6. The highest BCUT2D eigenvalue weighted by molar-refractivity contribution is 5.80. The SMILES string of the molecule is CCNC(=NCc1nnc(C)n1C)NC1CC1C. The number of rotatable bonds is 4. The maximum absolute atomic E-state index is 4.54. The minimum absolute atomic E-state index is 0.549. The second-order valence-electron chi connectivity index (χ2n) is 4.88. The largest absolute Gasteiger partial charge is 0.357 e. The number of aromatic nitrogens is 3. The lowest BCUT2D eigenvalue weighted by atomic mass is 10.5. The van der Waals surface area contributed by atoms with Gasteiger partial charge in [0.05, 0.1) is 0 Å². The number of aliphatic imine (C=N–C) groups is 1. The van der Waals surface area contributed by atoms with Crippen molar-refractivity contribution in [3.05, 3.63) is 11.6 Å². The molecule has 2 atom stereocenters. The monoisotopic (exact) mass is 250 g/mol. The molecular weight excluding hydrogens is 228 g/mol. The number of aryl methyl sites for hydroxylation is 1. The molecule has 6 nitrogen and oxygen atoms in total. The fraction of sp³-hybridized carbons (Fsp3) is 0.750. The van der Waals surface area contributed by atoms with Crippen LogP contribution < -0.4 is 10.6 Å². The molecule has 0 bridgehead atoms. The van der Waals surface area contributed by atoms with E-state index in [0.717, 1.165) is 30.1 Å². The van der Waals surface area contributed by atoms with Crippen LogP contribution in [0.5, 0.6) is 0 Å². The van der Waals surface area contributed by atoms with E-state index in [1.165, 1.54) is 6.42 Å². The Hall–Kier alpha value is -1.59. The van der Waals surface area contributed by atoms with Crippen molar-refractivity contribution in [1.29, 1.82) is 0 Å². The lowest BCUT2D eigenvalue weighted by Crippen LogP contribution is -2.39. The summed E-state index contributed by atoms with van der Waals surface area (Å²) in [4.78, 5) is 4.54. The summed E-state index contributed by atoms with van der Waals surface area (Å²) in [7, 11) is 1.96. The van der Waals surface area contributed by atoms with Crippen molar-refractivity contribution in [2.75, 3.05) is 6.54 Å². The van der Waals surface area contributed by atoms with Crippen LogP contribution in [0.15, 0.2) is 4.99 Å². The molecule has 0 radical (unpaired) electrons. The van der Waals surface area contributed by atoms with E-state index in [1.54, 1.807) is 0 Å². The first-order valence-corrected chi connectivity index (χ1v) is 6.51. The van der Waals surface area contributed by atoms with Crippen molar-refractivity contribution in [1.82, 2.24) is 25.4 Å². The Morgan fingerprint density at radius 2 is 2.22 bits per heavy atom. The fourth-order valence-electron chi connectivity index (χ4n) is 1.76. The molecule has 6 heteroatoms. The lowest BCUT2D eigenvalue weighted by molar-refractivity contribution is 0.741. The second kappa shape index (κ2) is 5.37. The Morgan fingerprint density at radius 1 is 1.50 bits per heavy atom. The molecule has 18 heavy (non-hydrogen) atoms. The number of guanidine groups is 1. The summed E-state index contributed by atoms with van der Waals surface area (Å²) < 4.78 is 1.97. The van der Waals surface area contributed by atoms with E-state index in [-0.39, 0.29) is 0 Å². The van der Waals surface area contributed by atoms with Crippen LogP contribution in [0, 0.1) is 12.8 Å². The highest BCUT2D eigenvalue weighted by Crippen LogP contribution is 2.28. The van der Waals surface area contributed by atoms with Crippen molar-refractivity contribution in [2.24, 2.45) is 18.0 Å². The normalized spacial score (nSPS) is 23.0. The van der Waals surface area contributed by atoms with Crippen LogP contribution in [0.25, 0.3) is 0 Å². The van der Waals surface area contributed by atoms with Crippen LogP contribution in [0.1, 0.15) is 31.9 Å². The van der Waals surface area contributed by atoms with Gasteiger partial charge in [-0.05, 0) is 26.2 Å². The number of nitrogens with one attached hydrogen (secondary N) is 2. The molecule has 2 unspecified atom stereocenters. The Balaban J connectivity index is 1.97. The zero-order valence-corrected chi connectivity index (χ0v) is 11.6. The Kier molecular flexibility index (Phi) is 3.84. The van der Waals surface area contributed by atoms with E-state index in [0.29, 0.717) is 12.6 Å². The van der Waals surface area contributed by atoms with Gasteiger partial charge in [0.1, 0.15) is 12.4 Å². The third-order valence-electron chi connectivity index (χ3n) is 3.34. The highest BCUT2D eigenvalue weighted by atomic mass is 15.3. The van der Waals surface area contributed by atoms with Gasteiger partial charge in [0.2, 0.25) is 0 Å². The van der Waals surface area contributed by atoms with Crippen LogP contribution in [-0.4, -0.2) is 33.3 Å². The molecule has 0 spiro atoms. The molecule has 1 saturated carbocycles. The number of nitrogens with zero attached hydrogens (tertiary/aromatic N) is 4. The van der Waals surface area contributed by atoms with Crippen LogP contribution in [0.2, 0.25) is 0 Å². The van der Waals surface area contributed by atoms with E-state index in [2.05, 4.69) is 39.7 Å². The van der Waals surface area contributed by atoms with Gasteiger partial charge in [-0.3, -0.25) is 0 Å². The highest BCUT2D eigenvalue weighted by Gasteiger charge is 2.33. The lowest BCUT2D eigenvalue weighted by Gasteiger charge is -2.10. The van der Waals surface area contributed by atoms with E-state index >= 15 is 0 Å². The standard InChI is InChI=1S/C12H22N6/c1-5-13-12(15-10-6-8(10)2)14-7-11-17-16-9(3)18(11)4/h8,10H,5-7H2,1-4H3,(H2,13,14,15). The molecule has 1 aliphatic carbocycles. The summed E-state index contributed by atoms with van der Waals surface area (Å²) in [5, 5.41) is 14.8. The zero-order valence-electron chi connectivity index (χ0n) is 11.6. The Bertz CT molecular complexity index is 436. The van der Waals surface area contributed by atoms with Crippen LogP contribution in [-0.2, 0) is 13.6 Å². The summed E-state index contributed by atoms with van der Waals surface area (Å²) >= 11 is 0. The third kappa shape index (κ3) is 3.00. The maximum atomic E-state index is 4.54. The van der Waals surface area contributed by atoms with E-state index in [9.17, 15) is 0 Å². The van der Waals surface area contributed by atoms with Gasteiger partial charge in [0.15, 0.2) is 11.8 Å². The van der Waals surface area contributed by atoms with Gasteiger partial charge in [-0.2, -0.15) is 0 Å². The molecule has 0 saturated heterocycles. The Labute approximate surface area is 108 Å². The van der Waals surface area contributed by atoms with E-state index in [1.807, 2.05) is 18.5 Å². The Morgan fingerprint density at radius 3 is 2.72 bits per heavy atom. The minimum atomic E-state index is 0.549. The molecule has 1 aromatic rings. The van der Waals surface area contributed by atoms with Gasteiger partial charge in [0, 0.05) is 19.6 Å². The first-order valence-electron chi connectivity index (χ1n) is 6.51. The minimum Gasteiger partial charge on any atom is -0.357 e. The van der Waals surface area contributed by atoms with Crippen LogP contribution >= 0.6 is 0 Å². The van der Waals surface area contributed by atoms with Gasteiger partial charge in [-0.15, -0.1) is 10.2 Å². The molecule has 2 rings (SSSR count). The van der Waals surface area contributed by atoms with Crippen molar-refractivity contribution in [3.63, 3.8) is 0 Å². The van der Waals surface area contributed by atoms with E-state index < -0.39 is 0 Å². The molecule has 0 aliphatic heterocycles. The number of hydrogen-bond acceptors (Lipinski definition) is 3. The van der Waals surface area contributed by atoms with Crippen LogP contribution in [0.3, 0.4) is 0 Å². The van der Waals surface area contributed by atoms with Gasteiger partial charge in [-0.1, -0.05) is 6.92 Å². The second-order valence-corrected chi connectivity index (χ2v) is 4.88. The molecule has 0 aromatic carbocycles. The van der Waals surface area contributed by atoms with Gasteiger partial charge in [0.25, 0.3) is 0 Å². The van der Waals surface area contributed by atoms with Gasteiger partial charge in [-0.25, -0.2) is 4.99 Å². The first kappa shape index (κ1) is 12.9. The summed E-state index contributed by atoms with van der Waals surface area (Å²) in [5.74, 6) is 3.42. The summed E-state index contributed by atoms with van der Waals surface area (Å²) in [6.45, 7) is 7.67. The van der Waals surface area contributed by atoms with Crippen LogP contribution in [0.4, 0.5) is 0 Å². The molecule has 100 valence electrons. The summed E-state index contributed by atoms with van der Waals surface area (Å²) in [5.41, 5.74) is 0. The van der Waals surface area contributed by atoms with Crippen molar-refractivity contribution < 1.29 is 0 Å². The van der Waals surface area contributed by atoms with E-state index in [4.69, 9.17) is 0 Å². The molecule has 1 aliphatic rings. The predicted octanol–water partition coefficient (Wildman–Crippen LogP) is 0.587. The molecule has 1 aromatic heterocycles. The molecule has 2 N–H and O–H groups in total. The fourth-order valence-corrected chi connectivity index (χ4v) is 1.76.